The number of anilines is 2. The number of benzene rings is 2. The normalized spacial score (nSPS) is 13.9. The van der Waals surface area contributed by atoms with Crippen LogP contribution in [0.5, 0.6) is 17.2 Å². The third-order valence-electron chi connectivity index (χ3n) is 4.01. The molecule has 0 unspecified atom stereocenters. The highest BCUT2D eigenvalue weighted by Crippen LogP contribution is 2.35. The number of nitrogens with one attached hydrogen (secondary N) is 1. The lowest BCUT2D eigenvalue weighted by Gasteiger charge is -2.16. The Morgan fingerprint density at radius 3 is 2.26 bits per heavy atom. The fourth-order valence-corrected chi connectivity index (χ4v) is 2.85. The van der Waals surface area contributed by atoms with Crippen molar-refractivity contribution in [3.8, 4) is 17.2 Å². The number of rotatable bonds is 6. The van der Waals surface area contributed by atoms with Gasteiger partial charge in [-0.3, -0.25) is 9.59 Å². The summed E-state index contributed by atoms with van der Waals surface area (Å²) in [5.74, 6) is 0.326. The summed E-state index contributed by atoms with van der Waals surface area (Å²) in [7, 11) is 4.51. The van der Waals surface area contributed by atoms with Crippen LogP contribution in [0.2, 0.25) is 0 Å². The fourth-order valence-electron chi connectivity index (χ4n) is 2.64. The Labute approximate surface area is 161 Å². The Morgan fingerprint density at radius 1 is 0.889 bits per heavy atom. The predicted molar refractivity (Wildman–Crippen MR) is 102 cm³/mol. The minimum absolute atomic E-state index is 0.0453. The lowest BCUT2D eigenvalue weighted by atomic mass is 10.2. The summed E-state index contributed by atoms with van der Waals surface area (Å²) in [6.45, 7) is 0. The molecule has 0 atom stereocenters. The molecule has 0 spiro atoms. The van der Waals surface area contributed by atoms with Crippen LogP contribution in [0.1, 0.15) is 0 Å². The summed E-state index contributed by atoms with van der Waals surface area (Å²) in [4.78, 5) is 26.4. The van der Waals surface area contributed by atoms with E-state index >= 15 is 0 Å². The first kappa shape index (κ1) is 18.6. The first-order valence-corrected chi connectivity index (χ1v) is 8.29. The molecule has 1 heterocycles. The van der Waals surface area contributed by atoms with Gasteiger partial charge in [0.05, 0.1) is 32.7 Å². The monoisotopic (exact) mass is 388 g/mol. The molecule has 1 aliphatic heterocycles. The van der Waals surface area contributed by atoms with Crippen molar-refractivity contribution in [1.29, 1.82) is 0 Å². The summed E-state index contributed by atoms with van der Waals surface area (Å²) >= 11 is 6.16. The highest BCUT2D eigenvalue weighted by Gasteiger charge is 2.39. The standard InChI is InChI=1S/C19H17ClN2O5/c1-25-12-6-4-5-11(9-12)22-18(23)16(20)17(19(22)24)21-14-10-13(26-2)7-8-15(14)27-3/h4-10,21H,1-3H3. The maximum Gasteiger partial charge on any atom is 0.283 e. The molecular formula is C19H17ClN2O5. The molecule has 0 aromatic heterocycles. The predicted octanol–water partition coefficient (Wildman–Crippen LogP) is 3.15. The third-order valence-corrected chi connectivity index (χ3v) is 4.36. The largest absolute Gasteiger partial charge is 0.497 e. The summed E-state index contributed by atoms with van der Waals surface area (Å²) < 4.78 is 15.6. The van der Waals surface area contributed by atoms with Gasteiger partial charge in [-0.15, -0.1) is 0 Å². The molecular weight excluding hydrogens is 372 g/mol. The van der Waals surface area contributed by atoms with Crippen LogP contribution in [0.25, 0.3) is 0 Å². The van der Waals surface area contributed by atoms with Crippen molar-refractivity contribution >= 4 is 34.8 Å². The molecule has 0 saturated carbocycles. The van der Waals surface area contributed by atoms with E-state index < -0.39 is 11.8 Å². The minimum atomic E-state index is -0.626. The molecule has 0 bridgehead atoms. The van der Waals surface area contributed by atoms with Crippen LogP contribution >= 0.6 is 11.6 Å². The van der Waals surface area contributed by atoms with Crippen molar-refractivity contribution in [2.24, 2.45) is 0 Å². The van der Waals surface area contributed by atoms with Crippen molar-refractivity contribution in [3.63, 3.8) is 0 Å². The van der Waals surface area contributed by atoms with Gasteiger partial charge in [0.1, 0.15) is 28.0 Å². The van der Waals surface area contributed by atoms with Crippen molar-refractivity contribution < 1.29 is 23.8 Å². The Morgan fingerprint density at radius 2 is 1.59 bits per heavy atom. The summed E-state index contributed by atoms with van der Waals surface area (Å²) in [6, 6.07) is 11.6. The number of carbonyl (C=O) groups excluding carboxylic acids is 2. The number of methoxy groups -OCH3 is 3. The fraction of sp³-hybridized carbons (Fsp3) is 0.158. The second-order valence-electron chi connectivity index (χ2n) is 5.53. The molecule has 7 nitrogen and oxygen atoms in total. The van der Waals surface area contributed by atoms with Gasteiger partial charge in [0.25, 0.3) is 11.8 Å². The van der Waals surface area contributed by atoms with E-state index in [2.05, 4.69) is 5.32 Å². The van der Waals surface area contributed by atoms with Crippen LogP contribution in [-0.2, 0) is 9.59 Å². The molecule has 3 rings (SSSR count). The average Bonchev–Trinajstić information content (AvgIpc) is 2.91. The summed E-state index contributed by atoms with van der Waals surface area (Å²) in [5, 5.41) is 2.68. The molecule has 2 aromatic carbocycles. The van der Waals surface area contributed by atoms with E-state index in [4.69, 9.17) is 25.8 Å². The smallest absolute Gasteiger partial charge is 0.283 e. The molecule has 0 aliphatic carbocycles. The van der Waals surface area contributed by atoms with E-state index in [1.54, 1.807) is 42.5 Å². The second kappa shape index (κ2) is 7.59. The number of hydrogen-bond donors (Lipinski definition) is 1. The zero-order valence-corrected chi connectivity index (χ0v) is 15.7. The molecule has 1 aliphatic rings. The van der Waals surface area contributed by atoms with Gasteiger partial charge in [-0.05, 0) is 24.3 Å². The summed E-state index contributed by atoms with van der Waals surface area (Å²) in [6.07, 6.45) is 0. The van der Waals surface area contributed by atoms with E-state index in [9.17, 15) is 9.59 Å². The van der Waals surface area contributed by atoms with Crippen molar-refractivity contribution in [3.05, 3.63) is 53.2 Å². The van der Waals surface area contributed by atoms with Gasteiger partial charge < -0.3 is 19.5 Å². The first-order valence-electron chi connectivity index (χ1n) is 7.91. The van der Waals surface area contributed by atoms with Gasteiger partial charge >= 0.3 is 0 Å². The molecule has 8 heteroatoms. The maximum atomic E-state index is 12.9. The average molecular weight is 389 g/mol. The van der Waals surface area contributed by atoms with E-state index in [0.29, 0.717) is 28.6 Å². The minimum Gasteiger partial charge on any atom is -0.497 e. The SMILES string of the molecule is COc1cccc(N2C(=O)C(Cl)=C(Nc3cc(OC)ccc3OC)C2=O)c1. The van der Waals surface area contributed by atoms with E-state index in [0.717, 1.165) is 4.90 Å². The lowest BCUT2D eigenvalue weighted by Crippen LogP contribution is -2.32. The molecule has 0 saturated heterocycles. The topological polar surface area (TPSA) is 77.1 Å². The van der Waals surface area contributed by atoms with Crippen LogP contribution in [-0.4, -0.2) is 33.1 Å². The number of ether oxygens (including phenoxy) is 3. The van der Waals surface area contributed by atoms with E-state index in [1.165, 1.54) is 21.3 Å². The molecule has 2 amide bonds. The number of amides is 2. The molecule has 140 valence electrons. The quantitative estimate of drug-likeness (QED) is 0.766. The zero-order valence-electron chi connectivity index (χ0n) is 14.9. The van der Waals surface area contributed by atoms with Crippen molar-refractivity contribution in [2.45, 2.75) is 0 Å². The van der Waals surface area contributed by atoms with Crippen LogP contribution in [0, 0.1) is 0 Å². The molecule has 27 heavy (non-hydrogen) atoms. The lowest BCUT2D eigenvalue weighted by molar-refractivity contribution is -0.120. The maximum absolute atomic E-state index is 12.9. The van der Waals surface area contributed by atoms with Crippen LogP contribution < -0.4 is 24.4 Å². The van der Waals surface area contributed by atoms with Crippen LogP contribution in [0.4, 0.5) is 11.4 Å². The van der Waals surface area contributed by atoms with E-state index in [1.807, 2.05) is 0 Å². The Bertz CT molecular complexity index is 941. The van der Waals surface area contributed by atoms with Crippen molar-refractivity contribution in [2.75, 3.05) is 31.5 Å². The molecule has 1 N–H and O–H groups in total. The number of imide groups is 1. The summed E-state index contributed by atoms with van der Waals surface area (Å²) in [5.41, 5.74) is 0.756. The highest BCUT2D eigenvalue weighted by atomic mass is 35.5. The van der Waals surface area contributed by atoms with Gasteiger partial charge in [-0.1, -0.05) is 17.7 Å². The Kier molecular flexibility index (Phi) is 5.23. The molecule has 2 aromatic rings. The number of halogens is 1. The Hall–Kier alpha value is -3.19. The van der Waals surface area contributed by atoms with Gasteiger partial charge in [0.2, 0.25) is 0 Å². The number of hydrogen-bond acceptors (Lipinski definition) is 6. The highest BCUT2D eigenvalue weighted by molar-refractivity contribution is 6.53. The van der Waals surface area contributed by atoms with Gasteiger partial charge in [0, 0.05) is 12.1 Å². The zero-order chi connectivity index (χ0) is 19.6. The molecule has 0 fully saturated rings. The number of carbonyl (C=O) groups is 2. The van der Waals surface area contributed by atoms with Crippen molar-refractivity contribution in [1.82, 2.24) is 0 Å². The second-order valence-corrected chi connectivity index (χ2v) is 5.91. The van der Waals surface area contributed by atoms with E-state index in [-0.39, 0.29) is 10.7 Å². The molecule has 0 radical (unpaired) electrons. The van der Waals surface area contributed by atoms with Gasteiger partial charge in [0.15, 0.2) is 0 Å². The first-order chi connectivity index (χ1) is 13.0. The van der Waals surface area contributed by atoms with Gasteiger partial charge in [-0.25, -0.2) is 4.90 Å². The Balaban J connectivity index is 1.95. The third kappa shape index (κ3) is 3.41. The van der Waals surface area contributed by atoms with Gasteiger partial charge in [-0.2, -0.15) is 0 Å². The van der Waals surface area contributed by atoms with Crippen LogP contribution in [0.3, 0.4) is 0 Å². The number of nitrogens with zero attached hydrogens (tertiary/aromatic N) is 1. The van der Waals surface area contributed by atoms with Crippen LogP contribution in [0.15, 0.2) is 53.2 Å².